The summed E-state index contributed by atoms with van der Waals surface area (Å²) < 4.78 is 1.60. The average molecular weight is 327 g/mol. The predicted molar refractivity (Wildman–Crippen MR) is 77.0 cm³/mol. The molecule has 0 spiro atoms. The van der Waals surface area contributed by atoms with Crippen molar-refractivity contribution in [3.63, 3.8) is 0 Å². The zero-order chi connectivity index (χ0) is 15.0. The largest absolute Gasteiger partial charge is 0.409 e. The summed E-state index contributed by atoms with van der Waals surface area (Å²) in [4.78, 5) is 15.9. The predicted octanol–water partition coefficient (Wildman–Crippen LogP) is 1.20. The standard InChI is InChI=1S/C11H11ClN6O2S/c12-7-6(8(13)17-20)3-4-14-9(7)21-11-16-15-10(19)18(11)5-1-2-5/h3-5,20H,1-2H2,(H2,13,17)(H,15,19). The molecule has 1 fully saturated rings. The maximum Gasteiger partial charge on any atom is 0.344 e. The number of amidine groups is 1. The minimum atomic E-state index is -0.247. The van der Waals surface area contributed by atoms with E-state index in [4.69, 9.17) is 22.5 Å². The van der Waals surface area contributed by atoms with Gasteiger partial charge in [0.15, 0.2) is 11.0 Å². The van der Waals surface area contributed by atoms with E-state index in [1.807, 2.05) is 0 Å². The number of nitrogens with one attached hydrogen (secondary N) is 1. The Hall–Kier alpha value is -2.00. The van der Waals surface area contributed by atoms with Gasteiger partial charge in [-0.3, -0.25) is 4.57 Å². The molecular formula is C11H11ClN6O2S. The van der Waals surface area contributed by atoms with E-state index in [0.29, 0.717) is 15.7 Å². The van der Waals surface area contributed by atoms with Crippen LogP contribution in [-0.4, -0.2) is 30.8 Å². The molecule has 0 atom stereocenters. The fraction of sp³-hybridized carbons (Fsp3) is 0.273. The molecule has 2 aromatic rings. The Kier molecular flexibility index (Phi) is 3.60. The summed E-state index contributed by atoms with van der Waals surface area (Å²) >= 11 is 7.36. The lowest BCUT2D eigenvalue weighted by molar-refractivity contribution is 0.318. The van der Waals surface area contributed by atoms with Crippen LogP contribution in [0.3, 0.4) is 0 Å². The van der Waals surface area contributed by atoms with Gasteiger partial charge < -0.3 is 10.9 Å². The summed E-state index contributed by atoms with van der Waals surface area (Å²) in [6, 6.07) is 1.73. The van der Waals surface area contributed by atoms with E-state index in [1.165, 1.54) is 6.20 Å². The molecule has 3 rings (SSSR count). The molecule has 4 N–H and O–H groups in total. The average Bonchev–Trinajstić information content (AvgIpc) is 3.25. The van der Waals surface area contributed by atoms with Gasteiger partial charge in [-0.05, 0) is 30.7 Å². The van der Waals surface area contributed by atoms with Crippen LogP contribution in [0.2, 0.25) is 5.02 Å². The molecule has 0 amide bonds. The molecular weight excluding hydrogens is 316 g/mol. The Morgan fingerprint density at radius 1 is 1.62 bits per heavy atom. The first-order valence-corrected chi connectivity index (χ1v) is 7.28. The first kappa shape index (κ1) is 14.0. The third kappa shape index (κ3) is 2.61. The Balaban J connectivity index is 1.97. The number of pyridine rings is 1. The normalized spacial score (nSPS) is 15.4. The second-order valence-corrected chi connectivity index (χ2v) is 5.81. The molecule has 0 saturated heterocycles. The lowest BCUT2D eigenvalue weighted by atomic mass is 10.2. The number of nitrogens with zero attached hydrogens (tertiary/aromatic N) is 4. The molecule has 0 bridgehead atoms. The molecule has 1 saturated carbocycles. The highest BCUT2D eigenvalue weighted by Crippen LogP contribution is 2.38. The van der Waals surface area contributed by atoms with Crippen molar-refractivity contribution in [3.05, 3.63) is 33.3 Å². The quantitative estimate of drug-likeness (QED) is 0.336. The fourth-order valence-electron chi connectivity index (χ4n) is 1.85. The van der Waals surface area contributed by atoms with E-state index in [0.717, 1.165) is 24.6 Å². The van der Waals surface area contributed by atoms with Crippen molar-refractivity contribution in [2.45, 2.75) is 29.1 Å². The van der Waals surface area contributed by atoms with Crippen LogP contribution < -0.4 is 11.4 Å². The maximum absolute atomic E-state index is 11.7. The first-order valence-electron chi connectivity index (χ1n) is 6.09. The molecule has 0 aliphatic heterocycles. The van der Waals surface area contributed by atoms with Gasteiger partial charge in [0.25, 0.3) is 0 Å². The van der Waals surface area contributed by atoms with Crippen molar-refractivity contribution < 1.29 is 5.21 Å². The van der Waals surface area contributed by atoms with E-state index in [2.05, 4.69) is 20.3 Å². The highest BCUT2D eigenvalue weighted by Gasteiger charge is 2.29. The molecule has 0 unspecified atom stereocenters. The van der Waals surface area contributed by atoms with Crippen LogP contribution in [-0.2, 0) is 0 Å². The lowest BCUT2D eigenvalue weighted by Gasteiger charge is -2.07. The third-order valence-electron chi connectivity index (χ3n) is 3.01. The molecule has 21 heavy (non-hydrogen) atoms. The molecule has 2 heterocycles. The number of halogens is 1. The lowest BCUT2D eigenvalue weighted by Crippen LogP contribution is -2.16. The highest BCUT2D eigenvalue weighted by atomic mass is 35.5. The van der Waals surface area contributed by atoms with Crippen molar-refractivity contribution in [2.75, 3.05) is 0 Å². The van der Waals surface area contributed by atoms with Crippen LogP contribution in [0.4, 0.5) is 0 Å². The van der Waals surface area contributed by atoms with Crippen molar-refractivity contribution in [3.8, 4) is 0 Å². The summed E-state index contributed by atoms with van der Waals surface area (Å²) in [7, 11) is 0. The monoisotopic (exact) mass is 326 g/mol. The molecule has 10 heteroatoms. The molecule has 1 aliphatic rings. The zero-order valence-electron chi connectivity index (χ0n) is 10.7. The van der Waals surface area contributed by atoms with Gasteiger partial charge in [0.1, 0.15) is 5.03 Å². The van der Waals surface area contributed by atoms with Crippen LogP contribution in [0, 0.1) is 0 Å². The maximum atomic E-state index is 11.7. The van der Waals surface area contributed by atoms with Gasteiger partial charge in [0.2, 0.25) is 0 Å². The number of H-pyrrole nitrogens is 1. The molecule has 8 nitrogen and oxygen atoms in total. The number of aromatic nitrogens is 4. The number of aromatic amines is 1. The van der Waals surface area contributed by atoms with Crippen molar-refractivity contribution in [1.29, 1.82) is 0 Å². The van der Waals surface area contributed by atoms with Gasteiger partial charge in [-0.1, -0.05) is 16.8 Å². The summed E-state index contributed by atoms with van der Waals surface area (Å²) in [5.74, 6) is -0.106. The van der Waals surface area contributed by atoms with Gasteiger partial charge in [0.05, 0.1) is 5.02 Å². The SMILES string of the molecule is N/C(=N/O)c1ccnc(Sc2n[nH]c(=O)n2C2CC2)c1Cl. The van der Waals surface area contributed by atoms with Crippen LogP contribution in [0.1, 0.15) is 24.4 Å². The van der Waals surface area contributed by atoms with Crippen LogP contribution >= 0.6 is 23.4 Å². The summed E-state index contributed by atoms with van der Waals surface area (Å²) in [6.45, 7) is 0. The number of nitrogens with two attached hydrogens (primary N) is 1. The minimum absolute atomic E-state index is 0.106. The van der Waals surface area contributed by atoms with Gasteiger partial charge in [0, 0.05) is 17.8 Å². The number of oxime groups is 1. The van der Waals surface area contributed by atoms with Gasteiger partial charge in [-0.2, -0.15) is 0 Å². The van der Waals surface area contributed by atoms with Crippen molar-refractivity contribution in [1.82, 2.24) is 19.7 Å². The second-order valence-electron chi connectivity index (χ2n) is 4.48. The van der Waals surface area contributed by atoms with E-state index in [1.54, 1.807) is 10.6 Å². The second kappa shape index (κ2) is 5.41. The molecule has 0 aromatic carbocycles. The van der Waals surface area contributed by atoms with Crippen molar-refractivity contribution in [2.24, 2.45) is 10.9 Å². The Morgan fingerprint density at radius 3 is 3.05 bits per heavy atom. The van der Waals surface area contributed by atoms with Crippen molar-refractivity contribution >= 4 is 29.2 Å². The smallest absolute Gasteiger partial charge is 0.344 e. The van der Waals surface area contributed by atoms with E-state index in [9.17, 15) is 4.79 Å². The Morgan fingerprint density at radius 2 is 2.38 bits per heavy atom. The van der Waals surface area contributed by atoms with Gasteiger partial charge in [-0.15, -0.1) is 5.10 Å². The fourth-order valence-corrected chi connectivity index (χ4v) is 3.08. The Labute approximate surface area is 128 Å². The van der Waals surface area contributed by atoms with E-state index >= 15 is 0 Å². The molecule has 2 aromatic heterocycles. The van der Waals surface area contributed by atoms with Crippen LogP contribution in [0.15, 0.2) is 32.4 Å². The van der Waals surface area contributed by atoms with Crippen LogP contribution in [0.25, 0.3) is 0 Å². The molecule has 1 aliphatic carbocycles. The summed E-state index contributed by atoms with van der Waals surface area (Å²) in [6.07, 6.45) is 3.41. The molecule has 0 radical (unpaired) electrons. The van der Waals surface area contributed by atoms with Gasteiger partial charge >= 0.3 is 5.69 Å². The third-order valence-corrected chi connectivity index (χ3v) is 4.48. The van der Waals surface area contributed by atoms with E-state index < -0.39 is 0 Å². The van der Waals surface area contributed by atoms with Gasteiger partial charge in [-0.25, -0.2) is 14.9 Å². The summed E-state index contributed by atoms with van der Waals surface area (Å²) in [5, 5.41) is 19.2. The minimum Gasteiger partial charge on any atom is -0.409 e. The van der Waals surface area contributed by atoms with E-state index in [-0.39, 0.29) is 22.6 Å². The number of rotatable bonds is 4. The zero-order valence-corrected chi connectivity index (χ0v) is 12.2. The van der Waals surface area contributed by atoms with Crippen LogP contribution in [0.5, 0.6) is 0 Å². The topological polar surface area (TPSA) is 122 Å². The highest BCUT2D eigenvalue weighted by molar-refractivity contribution is 7.99. The number of hydrogen-bond acceptors (Lipinski definition) is 6. The summed E-state index contributed by atoms with van der Waals surface area (Å²) in [5.41, 5.74) is 5.67. The molecule has 110 valence electrons. The Bertz CT molecular complexity index is 766. The number of hydrogen-bond donors (Lipinski definition) is 3. The first-order chi connectivity index (χ1) is 10.1.